The molecule has 2 aromatic heterocycles. The minimum Gasteiger partial charge on any atom is -0.442 e. The summed E-state index contributed by atoms with van der Waals surface area (Å²) in [7, 11) is 0. The Bertz CT molecular complexity index is 433. The van der Waals surface area contributed by atoms with Gasteiger partial charge >= 0.3 is 6.18 Å². The van der Waals surface area contributed by atoms with Gasteiger partial charge in [-0.3, -0.25) is 4.98 Å². The third-order valence-electron chi connectivity index (χ3n) is 1.78. The highest BCUT2D eigenvalue weighted by Crippen LogP contribution is 2.29. The van der Waals surface area contributed by atoms with Gasteiger partial charge in [0.05, 0.1) is 11.8 Å². The van der Waals surface area contributed by atoms with Crippen LogP contribution in [0, 0.1) is 0 Å². The molecule has 2 rings (SSSR count). The van der Waals surface area contributed by atoms with E-state index in [4.69, 9.17) is 4.42 Å². The predicted octanol–water partition coefficient (Wildman–Crippen LogP) is 2.76. The van der Waals surface area contributed by atoms with Gasteiger partial charge in [0.15, 0.2) is 12.2 Å². The number of halogens is 3. The van der Waals surface area contributed by atoms with Crippen LogP contribution in [-0.2, 0) is 6.18 Å². The van der Waals surface area contributed by atoms with Crippen molar-refractivity contribution < 1.29 is 17.6 Å². The number of rotatable bonds is 1. The number of alkyl halides is 3. The largest absolute Gasteiger partial charge is 0.442 e. The van der Waals surface area contributed by atoms with Gasteiger partial charge in [0.25, 0.3) is 0 Å². The van der Waals surface area contributed by atoms with Crippen LogP contribution in [0.25, 0.3) is 11.5 Å². The molecule has 6 heteroatoms. The highest BCUT2D eigenvalue weighted by Gasteiger charge is 2.30. The Balaban J connectivity index is 2.33. The Morgan fingerprint density at radius 3 is 2.40 bits per heavy atom. The lowest BCUT2D eigenvalue weighted by atomic mass is 10.2. The number of hydrogen-bond donors (Lipinski definition) is 0. The lowest BCUT2D eigenvalue weighted by Crippen LogP contribution is -2.05. The minimum atomic E-state index is -4.37. The number of nitrogens with zero attached hydrogens (tertiary/aromatic N) is 2. The SMILES string of the molecule is FC(F)(F)c1ccc(-c2cnco2)nc1. The highest BCUT2D eigenvalue weighted by molar-refractivity contribution is 5.50. The Hall–Kier alpha value is -1.85. The zero-order valence-corrected chi connectivity index (χ0v) is 7.32. The molecule has 0 bridgehead atoms. The van der Waals surface area contributed by atoms with E-state index in [1.165, 1.54) is 18.7 Å². The molecule has 0 unspecified atom stereocenters. The van der Waals surface area contributed by atoms with Crippen LogP contribution in [0.2, 0.25) is 0 Å². The second-order valence-corrected chi connectivity index (χ2v) is 2.80. The van der Waals surface area contributed by atoms with Crippen LogP contribution in [0.3, 0.4) is 0 Å². The summed E-state index contributed by atoms with van der Waals surface area (Å²) in [6, 6.07) is 2.19. The average Bonchev–Trinajstić information content (AvgIpc) is 2.69. The Labute approximate surface area is 82.6 Å². The summed E-state index contributed by atoms with van der Waals surface area (Å²) in [5.41, 5.74) is -0.466. The Morgan fingerprint density at radius 2 is 1.93 bits per heavy atom. The third kappa shape index (κ3) is 1.98. The molecule has 0 saturated carbocycles. The van der Waals surface area contributed by atoms with Crippen LogP contribution in [0.15, 0.2) is 35.3 Å². The van der Waals surface area contributed by atoms with Crippen molar-refractivity contribution in [1.29, 1.82) is 0 Å². The molecular formula is C9H5F3N2O. The maximum absolute atomic E-state index is 12.2. The van der Waals surface area contributed by atoms with Gasteiger partial charge in [-0.1, -0.05) is 0 Å². The molecule has 0 radical (unpaired) electrons. The molecule has 0 aromatic carbocycles. The van der Waals surface area contributed by atoms with Crippen molar-refractivity contribution in [3.05, 3.63) is 36.5 Å². The van der Waals surface area contributed by atoms with E-state index in [1.807, 2.05) is 0 Å². The van der Waals surface area contributed by atoms with Crippen molar-refractivity contribution in [2.45, 2.75) is 6.18 Å². The van der Waals surface area contributed by atoms with E-state index in [9.17, 15) is 13.2 Å². The normalized spacial score (nSPS) is 11.7. The van der Waals surface area contributed by atoms with Crippen LogP contribution >= 0.6 is 0 Å². The van der Waals surface area contributed by atoms with Gasteiger partial charge in [-0.2, -0.15) is 13.2 Å². The first-order valence-electron chi connectivity index (χ1n) is 3.99. The number of pyridine rings is 1. The predicted molar refractivity (Wildman–Crippen MR) is 44.7 cm³/mol. The summed E-state index contributed by atoms with van der Waals surface area (Å²) in [6.07, 6.45) is -1.03. The molecule has 2 aromatic rings. The topological polar surface area (TPSA) is 38.9 Å². The average molecular weight is 214 g/mol. The highest BCUT2D eigenvalue weighted by atomic mass is 19.4. The summed E-state index contributed by atoms with van der Waals surface area (Å²) in [6.45, 7) is 0. The molecular weight excluding hydrogens is 209 g/mol. The van der Waals surface area contributed by atoms with Crippen LogP contribution in [0.4, 0.5) is 13.2 Å². The van der Waals surface area contributed by atoms with Crippen molar-refractivity contribution >= 4 is 0 Å². The molecule has 0 spiro atoms. The van der Waals surface area contributed by atoms with Gasteiger partial charge in [-0.05, 0) is 12.1 Å². The summed E-state index contributed by atoms with van der Waals surface area (Å²) in [4.78, 5) is 7.27. The third-order valence-corrected chi connectivity index (χ3v) is 1.78. The quantitative estimate of drug-likeness (QED) is 0.732. The van der Waals surface area contributed by atoms with Crippen LogP contribution in [0.1, 0.15) is 5.56 Å². The minimum absolute atomic E-state index is 0.320. The molecule has 0 saturated heterocycles. The van der Waals surface area contributed by atoms with Gasteiger partial charge < -0.3 is 4.42 Å². The fraction of sp³-hybridized carbons (Fsp3) is 0.111. The van der Waals surface area contributed by atoms with E-state index in [1.54, 1.807) is 0 Å². The van der Waals surface area contributed by atoms with Gasteiger partial charge in [-0.25, -0.2) is 4.98 Å². The van der Waals surface area contributed by atoms with E-state index < -0.39 is 11.7 Å². The van der Waals surface area contributed by atoms with Crippen molar-refractivity contribution in [2.75, 3.05) is 0 Å². The zero-order valence-electron chi connectivity index (χ0n) is 7.32. The summed E-state index contributed by atoms with van der Waals surface area (Å²) in [5, 5.41) is 0. The number of hydrogen-bond acceptors (Lipinski definition) is 3. The summed E-state index contributed by atoms with van der Waals surface area (Å²) in [5.74, 6) is 0.337. The van der Waals surface area contributed by atoms with Crippen LogP contribution in [-0.4, -0.2) is 9.97 Å². The second kappa shape index (κ2) is 3.38. The maximum atomic E-state index is 12.2. The molecule has 3 nitrogen and oxygen atoms in total. The first-order chi connectivity index (χ1) is 7.07. The summed E-state index contributed by atoms with van der Waals surface area (Å²) < 4.78 is 41.4. The van der Waals surface area contributed by atoms with Gasteiger partial charge in [0, 0.05) is 6.20 Å². The monoisotopic (exact) mass is 214 g/mol. The standard InChI is InChI=1S/C9H5F3N2O/c10-9(11,12)6-1-2-7(14-3-6)8-4-13-5-15-8/h1-5H. The molecule has 78 valence electrons. The van der Waals surface area contributed by atoms with E-state index >= 15 is 0 Å². The van der Waals surface area contributed by atoms with E-state index in [0.29, 0.717) is 11.5 Å². The van der Waals surface area contributed by atoms with E-state index in [0.717, 1.165) is 12.3 Å². The molecule has 15 heavy (non-hydrogen) atoms. The molecule has 0 fully saturated rings. The molecule has 0 atom stereocenters. The van der Waals surface area contributed by atoms with Crippen molar-refractivity contribution in [3.8, 4) is 11.5 Å². The lowest BCUT2D eigenvalue weighted by Gasteiger charge is -2.05. The molecule has 2 heterocycles. The molecule has 0 amide bonds. The number of oxazole rings is 1. The maximum Gasteiger partial charge on any atom is 0.417 e. The molecule has 0 N–H and O–H groups in total. The second-order valence-electron chi connectivity index (χ2n) is 2.80. The number of aromatic nitrogens is 2. The van der Waals surface area contributed by atoms with E-state index in [-0.39, 0.29) is 0 Å². The summed E-state index contributed by atoms with van der Waals surface area (Å²) >= 11 is 0. The fourth-order valence-corrected chi connectivity index (χ4v) is 1.05. The van der Waals surface area contributed by atoms with Gasteiger partial charge in [0.1, 0.15) is 5.69 Å². The first-order valence-corrected chi connectivity index (χ1v) is 3.99. The van der Waals surface area contributed by atoms with Crippen LogP contribution < -0.4 is 0 Å². The van der Waals surface area contributed by atoms with Gasteiger partial charge in [0.2, 0.25) is 0 Å². The fourth-order valence-electron chi connectivity index (χ4n) is 1.05. The van der Waals surface area contributed by atoms with Crippen molar-refractivity contribution in [3.63, 3.8) is 0 Å². The Morgan fingerprint density at radius 1 is 1.13 bits per heavy atom. The zero-order chi connectivity index (χ0) is 10.9. The first kappa shape index (κ1) is 9.70. The van der Waals surface area contributed by atoms with Gasteiger partial charge in [-0.15, -0.1) is 0 Å². The smallest absolute Gasteiger partial charge is 0.417 e. The van der Waals surface area contributed by atoms with E-state index in [2.05, 4.69) is 9.97 Å². The molecule has 0 aliphatic rings. The molecule has 0 aliphatic heterocycles. The van der Waals surface area contributed by atoms with Crippen molar-refractivity contribution in [1.82, 2.24) is 9.97 Å². The van der Waals surface area contributed by atoms with Crippen molar-refractivity contribution in [2.24, 2.45) is 0 Å². The lowest BCUT2D eigenvalue weighted by molar-refractivity contribution is -0.137. The van der Waals surface area contributed by atoms with Crippen LogP contribution in [0.5, 0.6) is 0 Å². The molecule has 0 aliphatic carbocycles. The Kier molecular flexibility index (Phi) is 2.18.